The lowest BCUT2D eigenvalue weighted by Crippen LogP contribution is -2.06. The van der Waals surface area contributed by atoms with Gasteiger partial charge in [0.05, 0.1) is 4.92 Å². The number of nitrogens with one attached hydrogen (secondary N) is 1. The van der Waals surface area contributed by atoms with E-state index in [1.54, 1.807) is 12.1 Å². The quantitative estimate of drug-likeness (QED) is 0.416. The van der Waals surface area contributed by atoms with Gasteiger partial charge >= 0.3 is 0 Å². The Morgan fingerprint density at radius 1 is 1.22 bits per heavy atom. The first kappa shape index (κ1) is 14.4. The van der Waals surface area contributed by atoms with E-state index in [0.717, 1.165) is 44.7 Å². The Morgan fingerprint density at radius 2 is 1.89 bits per heavy atom. The molecular formula is C13H20N2O3. The molecule has 1 aromatic carbocycles. The largest absolute Gasteiger partial charge is 0.385 e. The van der Waals surface area contributed by atoms with Crippen LogP contribution in [0.3, 0.4) is 0 Å². The van der Waals surface area contributed by atoms with Crippen molar-refractivity contribution in [2.45, 2.75) is 26.2 Å². The van der Waals surface area contributed by atoms with Crippen LogP contribution in [0.5, 0.6) is 0 Å². The third-order valence-electron chi connectivity index (χ3n) is 2.51. The van der Waals surface area contributed by atoms with Crippen molar-refractivity contribution >= 4 is 11.4 Å². The molecule has 0 aliphatic heterocycles. The van der Waals surface area contributed by atoms with Crippen molar-refractivity contribution in [3.63, 3.8) is 0 Å². The Balaban J connectivity index is 2.14. The highest BCUT2D eigenvalue weighted by molar-refractivity contribution is 5.48. The second-order valence-corrected chi connectivity index (χ2v) is 4.05. The zero-order chi connectivity index (χ0) is 13.2. The third-order valence-corrected chi connectivity index (χ3v) is 2.51. The predicted octanol–water partition coefficient (Wildman–Crippen LogP) is 3.21. The standard InChI is InChI=1S/C13H20N2O3/c1-2-3-10-18-11-4-9-14-12-5-7-13(8-6-12)15(16)17/h5-8,14H,2-4,9-11H2,1H3. The van der Waals surface area contributed by atoms with Gasteiger partial charge in [0.2, 0.25) is 0 Å². The summed E-state index contributed by atoms with van der Waals surface area (Å²) < 4.78 is 5.43. The lowest BCUT2D eigenvalue weighted by atomic mass is 10.3. The van der Waals surface area contributed by atoms with Crippen molar-refractivity contribution in [1.29, 1.82) is 0 Å². The zero-order valence-electron chi connectivity index (χ0n) is 10.7. The summed E-state index contributed by atoms with van der Waals surface area (Å²) in [5, 5.41) is 13.7. The number of anilines is 1. The van der Waals surface area contributed by atoms with Crippen LogP contribution in [-0.2, 0) is 4.74 Å². The molecule has 0 atom stereocenters. The molecule has 0 amide bonds. The fourth-order valence-electron chi connectivity index (χ4n) is 1.46. The maximum absolute atomic E-state index is 10.5. The second kappa shape index (κ2) is 8.47. The normalized spacial score (nSPS) is 10.3. The third kappa shape index (κ3) is 5.63. The molecule has 1 N–H and O–H groups in total. The number of benzene rings is 1. The molecule has 0 aliphatic rings. The number of non-ortho nitro benzene ring substituents is 1. The summed E-state index contributed by atoms with van der Waals surface area (Å²) in [7, 11) is 0. The van der Waals surface area contributed by atoms with Gasteiger partial charge < -0.3 is 10.1 Å². The first-order valence-electron chi connectivity index (χ1n) is 6.30. The lowest BCUT2D eigenvalue weighted by Gasteiger charge is -2.06. The van der Waals surface area contributed by atoms with Crippen molar-refractivity contribution in [1.82, 2.24) is 0 Å². The summed E-state index contributed by atoms with van der Waals surface area (Å²) in [4.78, 5) is 10.1. The predicted molar refractivity (Wildman–Crippen MR) is 71.9 cm³/mol. The smallest absolute Gasteiger partial charge is 0.269 e. The van der Waals surface area contributed by atoms with Gasteiger partial charge in [-0.1, -0.05) is 13.3 Å². The van der Waals surface area contributed by atoms with Crippen LogP contribution >= 0.6 is 0 Å². The zero-order valence-corrected chi connectivity index (χ0v) is 10.7. The Bertz CT molecular complexity index is 352. The van der Waals surface area contributed by atoms with Crippen molar-refractivity contribution in [2.75, 3.05) is 25.1 Å². The lowest BCUT2D eigenvalue weighted by molar-refractivity contribution is -0.384. The number of nitro groups is 1. The summed E-state index contributed by atoms with van der Waals surface area (Å²) in [6.07, 6.45) is 3.19. The van der Waals surface area contributed by atoms with E-state index in [1.807, 2.05) is 0 Å². The number of ether oxygens (including phenoxy) is 1. The Kier molecular flexibility index (Phi) is 6.79. The summed E-state index contributed by atoms with van der Waals surface area (Å²) in [6.45, 7) is 4.53. The minimum atomic E-state index is -0.397. The topological polar surface area (TPSA) is 64.4 Å². The molecule has 0 aliphatic carbocycles. The minimum Gasteiger partial charge on any atom is -0.385 e. The van der Waals surface area contributed by atoms with Gasteiger partial charge in [0.25, 0.3) is 5.69 Å². The summed E-state index contributed by atoms with van der Waals surface area (Å²) in [6, 6.07) is 6.44. The molecule has 0 radical (unpaired) electrons. The molecule has 0 saturated heterocycles. The Labute approximate surface area is 107 Å². The molecule has 5 nitrogen and oxygen atoms in total. The number of hydrogen-bond acceptors (Lipinski definition) is 4. The highest BCUT2D eigenvalue weighted by Gasteiger charge is 2.02. The molecule has 0 spiro atoms. The van der Waals surface area contributed by atoms with E-state index in [2.05, 4.69) is 12.2 Å². The van der Waals surface area contributed by atoms with Crippen LogP contribution in [0.2, 0.25) is 0 Å². The van der Waals surface area contributed by atoms with Gasteiger partial charge in [-0.3, -0.25) is 10.1 Å². The number of rotatable bonds is 9. The Morgan fingerprint density at radius 3 is 2.50 bits per heavy atom. The maximum atomic E-state index is 10.5. The minimum absolute atomic E-state index is 0.114. The van der Waals surface area contributed by atoms with Gasteiger partial charge in [0.1, 0.15) is 0 Å². The van der Waals surface area contributed by atoms with Crippen LogP contribution in [-0.4, -0.2) is 24.7 Å². The van der Waals surface area contributed by atoms with E-state index in [9.17, 15) is 10.1 Å². The van der Waals surface area contributed by atoms with Crippen molar-refractivity contribution in [3.8, 4) is 0 Å². The maximum Gasteiger partial charge on any atom is 0.269 e. The van der Waals surface area contributed by atoms with E-state index in [4.69, 9.17) is 4.74 Å². The molecular weight excluding hydrogens is 232 g/mol. The fraction of sp³-hybridized carbons (Fsp3) is 0.538. The molecule has 5 heteroatoms. The van der Waals surface area contributed by atoms with Crippen LogP contribution in [0.15, 0.2) is 24.3 Å². The van der Waals surface area contributed by atoms with E-state index >= 15 is 0 Å². The van der Waals surface area contributed by atoms with Gasteiger partial charge in [0.15, 0.2) is 0 Å². The molecule has 18 heavy (non-hydrogen) atoms. The average molecular weight is 252 g/mol. The monoisotopic (exact) mass is 252 g/mol. The van der Waals surface area contributed by atoms with Crippen LogP contribution in [0.25, 0.3) is 0 Å². The van der Waals surface area contributed by atoms with Crippen LogP contribution in [0, 0.1) is 10.1 Å². The average Bonchev–Trinajstić information content (AvgIpc) is 2.38. The molecule has 100 valence electrons. The van der Waals surface area contributed by atoms with E-state index in [-0.39, 0.29) is 5.69 Å². The van der Waals surface area contributed by atoms with Crippen molar-refractivity contribution in [2.24, 2.45) is 0 Å². The van der Waals surface area contributed by atoms with E-state index < -0.39 is 4.92 Å². The molecule has 1 rings (SSSR count). The SMILES string of the molecule is CCCCOCCCNc1ccc([N+](=O)[O-])cc1. The van der Waals surface area contributed by atoms with Gasteiger partial charge in [-0.05, 0) is 25.0 Å². The van der Waals surface area contributed by atoms with Crippen LogP contribution < -0.4 is 5.32 Å². The Hall–Kier alpha value is -1.62. The second-order valence-electron chi connectivity index (χ2n) is 4.05. The fourth-order valence-corrected chi connectivity index (χ4v) is 1.46. The highest BCUT2D eigenvalue weighted by atomic mass is 16.6. The highest BCUT2D eigenvalue weighted by Crippen LogP contribution is 2.15. The first-order chi connectivity index (χ1) is 8.74. The van der Waals surface area contributed by atoms with Crippen LogP contribution in [0.4, 0.5) is 11.4 Å². The molecule has 0 saturated carbocycles. The number of nitro benzene ring substituents is 1. The van der Waals surface area contributed by atoms with Gasteiger partial charge in [-0.15, -0.1) is 0 Å². The van der Waals surface area contributed by atoms with Gasteiger partial charge in [-0.2, -0.15) is 0 Å². The molecule has 0 heterocycles. The van der Waals surface area contributed by atoms with E-state index in [0.29, 0.717) is 0 Å². The molecule has 0 unspecified atom stereocenters. The van der Waals surface area contributed by atoms with Crippen LogP contribution in [0.1, 0.15) is 26.2 Å². The molecule has 0 aromatic heterocycles. The summed E-state index contributed by atoms with van der Waals surface area (Å²) in [5.41, 5.74) is 1.01. The number of nitrogens with zero attached hydrogens (tertiary/aromatic N) is 1. The number of unbranched alkanes of at least 4 members (excludes halogenated alkanes) is 1. The molecule has 1 aromatic rings. The van der Waals surface area contributed by atoms with Gasteiger partial charge in [-0.25, -0.2) is 0 Å². The summed E-state index contributed by atoms with van der Waals surface area (Å²) in [5.74, 6) is 0. The van der Waals surface area contributed by atoms with Crippen molar-refractivity contribution < 1.29 is 9.66 Å². The van der Waals surface area contributed by atoms with Gasteiger partial charge in [0, 0.05) is 37.6 Å². The van der Waals surface area contributed by atoms with Crippen molar-refractivity contribution in [3.05, 3.63) is 34.4 Å². The number of hydrogen-bond donors (Lipinski definition) is 1. The molecule has 0 fully saturated rings. The summed E-state index contributed by atoms with van der Waals surface area (Å²) >= 11 is 0. The first-order valence-corrected chi connectivity index (χ1v) is 6.30. The molecule has 0 bridgehead atoms. The van der Waals surface area contributed by atoms with E-state index in [1.165, 1.54) is 12.1 Å².